The van der Waals surface area contributed by atoms with E-state index in [1.165, 1.54) is 0 Å². The Morgan fingerprint density at radius 3 is 2.38 bits per heavy atom. The fourth-order valence-electron chi connectivity index (χ4n) is 0.765. The molecule has 44 valence electrons. The average Bonchev–Trinajstić information content (AvgIpc) is 1.90. The van der Waals surface area contributed by atoms with Gasteiger partial charge in [-0.05, 0) is 0 Å². The molecule has 0 radical (unpaired) electrons. The topological polar surface area (TPSA) is 15.3 Å². The summed E-state index contributed by atoms with van der Waals surface area (Å²) >= 11 is 0. The normalized spacial score (nSPS) is 22.4. The molecule has 0 atom stereocenters. The Morgan fingerprint density at radius 2 is 2.00 bits per heavy atom. The summed E-state index contributed by atoms with van der Waals surface area (Å²) in [7, 11) is 3.91. The van der Waals surface area contributed by atoms with Crippen LogP contribution in [0.4, 0.5) is 0 Å². The van der Waals surface area contributed by atoms with E-state index in [4.69, 9.17) is 0 Å². The van der Waals surface area contributed by atoms with Gasteiger partial charge in [-0.1, -0.05) is 0 Å². The van der Waals surface area contributed by atoms with Gasteiger partial charge in [0.05, 0.1) is 0 Å². The summed E-state index contributed by atoms with van der Waals surface area (Å²) in [6, 6.07) is 0. The molecule has 0 amide bonds. The Balaban J connectivity index is 2.25. The molecule has 0 spiro atoms. The van der Waals surface area contributed by atoms with Crippen molar-refractivity contribution < 1.29 is 0 Å². The third-order valence-electron chi connectivity index (χ3n) is 1.26. The van der Waals surface area contributed by atoms with Crippen molar-refractivity contribution in [3.8, 4) is 5.75 Å². The minimum atomic E-state index is 1.05. The number of nitrogens with one attached hydrogen (secondary N) is 1. The molecule has 1 aliphatic heterocycles. The molecular formula is C5H9N2P. The summed E-state index contributed by atoms with van der Waals surface area (Å²) in [5.41, 5.74) is 0. The van der Waals surface area contributed by atoms with Crippen LogP contribution in [-0.2, 0) is 0 Å². The number of nitrogens with zero attached hydrogens (tertiary/aromatic N) is 1. The van der Waals surface area contributed by atoms with Crippen molar-refractivity contribution in [2.24, 2.45) is 0 Å². The SMILES string of the molecule is P#CN1CCNCC1. The molecule has 0 aliphatic carbocycles. The van der Waals surface area contributed by atoms with Gasteiger partial charge in [0, 0.05) is 0 Å². The van der Waals surface area contributed by atoms with Gasteiger partial charge in [0.2, 0.25) is 0 Å². The van der Waals surface area contributed by atoms with Gasteiger partial charge in [-0.15, -0.1) is 0 Å². The van der Waals surface area contributed by atoms with Crippen molar-refractivity contribution in [2.75, 3.05) is 26.2 Å². The summed E-state index contributed by atoms with van der Waals surface area (Å²) in [6.07, 6.45) is 0. The van der Waals surface area contributed by atoms with Crippen molar-refractivity contribution in [1.82, 2.24) is 10.2 Å². The van der Waals surface area contributed by atoms with Crippen LogP contribution in [0.3, 0.4) is 0 Å². The van der Waals surface area contributed by atoms with Gasteiger partial charge in [-0.3, -0.25) is 0 Å². The van der Waals surface area contributed by atoms with E-state index in [0.717, 1.165) is 26.2 Å². The fraction of sp³-hybridized carbons (Fsp3) is 0.800. The third-order valence-corrected chi connectivity index (χ3v) is 1.54. The summed E-state index contributed by atoms with van der Waals surface area (Å²) in [5, 5.41) is 3.23. The molecule has 0 aromatic rings. The van der Waals surface area contributed by atoms with E-state index in [1.807, 2.05) is 0 Å². The van der Waals surface area contributed by atoms with Gasteiger partial charge in [0.15, 0.2) is 0 Å². The second-order valence-corrected chi connectivity index (χ2v) is 2.04. The zero-order chi connectivity index (χ0) is 5.82. The van der Waals surface area contributed by atoms with Crippen molar-refractivity contribution >= 4 is 8.70 Å². The molecule has 1 rings (SSSR count). The van der Waals surface area contributed by atoms with E-state index in [9.17, 15) is 0 Å². The molecule has 0 aromatic carbocycles. The zero-order valence-corrected chi connectivity index (χ0v) is 5.62. The maximum absolute atomic E-state index is 3.91. The summed E-state index contributed by atoms with van der Waals surface area (Å²) in [6.45, 7) is 4.22. The standard InChI is InChI=1S/C5H9N2P/c8-5-7-3-1-6-2-4-7/h6H,1-4H2. The van der Waals surface area contributed by atoms with E-state index >= 15 is 0 Å². The van der Waals surface area contributed by atoms with Gasteiger partial charge in [0.25, 0.3) is 0 Å². The quantitative estimate of drug-likeness (QED) is 0.469. The molecule has 1 N–H and O–H groups in total. The van der Waals surface area contributed by atoms with Gasteiger partial charge in [-0.25, -0.2) is 0 Å². The summed E-state index contributed by atoms with van der Waals surface area (Å²) in [4.78, 5) is 2.07. The van der Waals surface area contributed by atoms with E-state index in [2.05, 4.69) is 24.7 Å². The van der Waals surface area contributed by atoms with Gasteiger partial charge < -0.3 is 0 Å². The van der Waals surface area contributed by atoms with Crippen molar-refractivity contribution in [2.45, 2.75) is 0 Å². The number of hydrogen-bond donors (Lipinski definition) is 1. The van der Waals surface area contributed by atoms with Crippen LogP contribution in [0.1, 0.15) is 0 Å². The Morgan fingerprint density at radius 1 is 1.38 bits per heavy atom. The molecule has 8 heavy (non-hydrogen) atoms. The molecule has 1 saturated heterocycles. The second kappa shape index (κ2) is 3.21. The van der Waals surface area contributed by atoms with Crippen LogP contribution >= 0.6 is 8.70 Å². The Kier molecular flexibility index (Phi) is 2.51. The van der Waals surface area contributed by atoms with Crippen molar-refractivity contribution in [3.05, 3.63) is 0 Å². The summed E-state index contributed by atoms with van der Waals surface area (Å²) in [5.74, 6) is 2.79. The first-order valence-electron chi connectivity index (χ1n) is 2.79. The van der Waals surface area contributed by atoms with Gasteiger partial charge in [-0.2, -0.15) is 0 Å². The monoisotopic (exact) mass is 128 g/mol. The molecule has 2 nitrogen and oxygen atoms in total. The Labute approximate surface area is 51.8 Å². The molecule has 3 heteroatoms. The van der Waals surface area contributed by atoms with E-state index in [-0.39, 0.29) is 0 Å². The molecule has 0 bridgehead atoms. The Bertz CT molecular complexity index is 101. The van der Waals surface area contributed by atoms with E-state index < -0.39 is 0 Å². The maximum atomic E-state index is 3.91. The minimum absolute atomic E-state index is 1.05. The first-order valence-corrected chi connectivity index (χ1v) is 3.23. The first-order chi connectivity index (χ1) is 3.93. The average molecular weight is 128 g/mol. The van der Waals surface area contributed by atoms with Crippen LogP contribution in [0.5, 0.6) is 0 Å². The Hall–Kier alpha value is 0.130. The molecule has 1 aliphatic rings. The molecule has 1 fully saturated rings. The van der Waals surface area contributed by atoms with Crippen LogP contribution in [-0.4, -0.2) is 31.1 Å². The van der Waals surface area contributed by atoms with Crippen LogP contribution in [0, 0.1) is 5.75 Å². The van der Waals surface area contributed by atoms with E-state index in [0.29, 0.717) is 0 Å². The predicted octanol–water partition coefficient (Wildman–Crippen LogP) is 0.219. The number of piperazine rings is 1. The van der Waals surface area contributed by atoms with Gasteiger partial charge >= 0.3 is 50.8 Å². The number of rotatable bonds is 0. The molecule has 0 unspecified atom stereocenters. The van der Waals surface area contributed by atoms with Crippen LogP contribution < -0.4 is 5.32 Å². The van der Waals surface area contributed by atoms with Gasteiger partial charge in [0.1, 0.15) is 0 Å². The predicted molar refractivity (Wildman–Crippen MR) is 35.3 cm³/mol. The molecule has 0 aromatic heterocycles. The summed E-state index contributed by atoms with van der Waals surface area (Å²) < 4.78 is 0. The number of hydrogen-bond acceptors (Lipinski definition) is 2. The zero-order valence-electron chi connectivity index (χ0n) is 4.72. The third kappa shape index (κ3) is 1.57. The molecule has 0 saturated carbocycles. The van der Waals surface area contributed by atoms with Crippen LogP contribution in [0.2, 0.25) is 0 Å². The van der Waals surface area contributed by atoms with Crippen molar-refractivity contribution in [1.29, 1.82) is 0 Å². The molecular weight excluding hydrogens is 119 g/mol. The first kappa shape index (κ1) is 6.25. The van der Waals surface area contributed by atoms with Crippen LogP contribution in [0.25, 0.3) is 0 Å². The van der Waals surface area contributed by atoms with Crippen molar-refractivity contribution in [3.63, 3.8) is 0 Å². The van der Waals surface area contributed by atoms with Crippen LogP contribution in [0.15, 0.2) is 0 Å². The fourth-order valence-corrected chi connectivity index (χ4v) is 0.965. The van der Waals surface area contributed by atoms with E-state index in [1.54, 1.807) is 0 Å². The second-order valence-electron chi connectivity index (χ2n) is 1.84. The molecule has 1 heterocycles.